The van der Waals surface area contributed by atoms with E-state index in [1.807, 2.05) is 18.2 Å². The monoisotopic (exact) mass is 356 g/mol. The number of halogens is 1. The summed E-state index contributed by atoms with van der Waals surface area (Å²) in [5.74, 6) is 0.813. The lowest BCUT2D eigenvalue weighted by atomic mass is 9.85. The molecule has 4 heteroatoms. The highest BCUT2D eigenvalue weighted by atomic mass is 79.9. The van der Waals surface area contributed by atoms with Crippen LogP contribution in [0.15, 0.2) is 22.7 Å². The van der Waals surface area contributed by atoms with Crippen LogP contribution in [-0.2, 0) is 11.2 Å². The second kappa shape index (κ2) is 7.61. The molecule has 1 unspecified atom stereocenters. The first-order valence-electron chi connectivity index (χ1n) is 7.67. The van der Waals surface area contributed by atoms with E-state index in [-0.39, 0.29) is 0 Å². The van der Waals surface area contributed by atoms with Crippen molar-refractivity contribution in [1.82, 2.24) is 0 Å². The molecule has 0 aliphatic heterocycles. The highest BCUT2D eigenvalue weighted by Crippen LogP contribution is 2.35. The van der Waals surface area contributed by atoms with E-state index in [0.29, 0.717) is 6.42 Å². The molecular formula is C17H25BrO3. The predicted octanol–water partition coefficient (Wildman–Crippen LogP) is 4.10. The van der Waals surface area contributed by atoms with Crippen LogP contribution in [0.4, 0.5) is 0 Å². The second-order valence-electron chi connectivity index (χ2n) is 5.86. The zero-order chi connectivity index (χ0) is 15.3. The molecule has 21 heavy (non-hydrogen) atoms. The van der Waals surface area contributed by atoms with Crippen LogP contribution < -0.4 is 4.74 Å². The van der Waals surface area contributed by atoms with E-state index in [2.05, 4.69) is 15.9 Å². The van der Waals surface area contributed by atoms with Crippen molar-refractivity contribution in [1.29, 1.82) is 0 Å². The standard InChI is InChI=1S/C17H25BrO3/c1-20-14-7-8-15(18)13(11-14)12-16(19)17(21-2)9-5-3-4-6-10-17/h7-8,11,16,19H,3-6,9-10,12H2,1-2H3. The first-order valence-corrected chi connectivity index (χ1v) is 8.46. The Balaban J connectivity index is 2.16. The van der Waals surface area contributed by atoms with E-state index in [1.165, 1.54) is 12.8 Å². The minimum absolute atomic E-state index is 0.404. The third kappa shape index (κ3) is 3.99. The quantitative estimate of drug-likeness (QED) is 0.807. The number of benzene rings is 1. The molecular weight excluding hydrogens is 332 g/mol. The fourth-order valence-electron chi connectivity index (χ4n) is 3.23. The van der Waals surface area contributed by atoms with Gasteiger partial charge in [0.2, 0.25) is 0 Å². The van der Waals surface area contributed by atoms with Crippen molar-refractivity contribution in [3.8, 4) is 5.75 Å². The Morgan fingerprint density at radius 2 is 1.86 bits per heavy atom. The van der Waals surface area contributed by atoms with Gasteiger partial charge >= 0.3 is 0 Å². The Bertz CT molecular complexity index is 453. The molecule has 1 aromatic rings. The van der Waals surface area contributed by atoms with E-state index < -0.39 is 11.7 Å². The van der Waals surface area contributed by atoms with Crippen molar-refractivity contribution < 1.29 is 14.6 Å². The zero-order valence-electron chi connectivity index (χ0n) is 12.9. The van der Waals surface area contributed by atoms with Crippen LogP contribution in [-0.4, -0.2) is 31.0 Å². The van der Waals surface area contributed by atoms with Gasteiger partial charge in [0.05, 0.1) is 18.8 Å². The average molecular weight is 357 g/mol. The third-order valence-electron chi connectivity index (χ3n) is 4.63. The highest BCUT2D eigenvalue weighted by Gasteiger charge is 2.38. The van der Waals surface area contributed by atoms with Gasteiger partial charge in [-0.05, 0) is 36.6 Å². The molecule has 0 aromatic heterocycles. The van der Waals surface area contributed by atoms with Crippen LogP contribution in [0.2, 0.25) is 0 Å². The largest absolute Gasteiger partial charge is 0.497 e. The van der Waals surface area contributed by atoms with Crippen molar-refractivity contribution in [2.24, 2.45) is 0 Å². The summed E-state index contributed by atoms with van der Waals surface area (Å²) >= 11 is 3.56. The molecule has 3 nitrogen and oxygen atoms in total. The smallest absolute Gasteiger partial charge is 0.119 e. The lowest BCUT2D eigenvalue weighted by Crippen LogP contribution is -2.45. The number of hydrogen-bond donors (Lipinski definition) is 1. The number of methoxy groups -OCH3 is 2. The molecule has 1 saturated carbocycles. The maximum atomic E-state index is 10.8. The van der Waals surface area contributed by atoms with Crippen LogP contribution >= 0.6 is 15.9 Å². The lowest BCUT2D eigenvalue weighted by Gasteiger charge is -2.36. The normalized spacial score (nSPS) is 19.8. The van der Waals surface area contributed by atoms with Crippen LogP contribution in [0, 0.1) is 0 Å². The predicted molar refractivity (Wildman–Crippen MR) is 87.8 cm³/mol. The first kappa shape index (κ1) is 16.8. The van der Waals surface area contributed by atoms with Gasteiger partial charge in [0.15, 0.2) is 0 Å². The summed E-state index contributed by atoms with van der Waals surface area (Å²) in [4.78, 5) is 0. The van der Waals surface area contributed by atoms with Crippen molar-refractivity contribution in [3.63, 3.8) is 0 Å². The summed E-state index contributed by atoms with van der Waals surface area (Å²) in [6.45, 7) is 0. The second-order valence-corrected chi connectivity index (χ2v) is 6.71. The molecule has 1 N–H and O–H groups in total. The van der Waals surface area contributed by atoms with Crippen LogP contribution in [0.1, 0.15) is 44.1 Å². The molecule has 1 aliphatic carbocycles. The van der Waals surface area contributed by atoms with Gasteiger partial charge in [-0.1, -0.05) is 41.6 Å². The first-order chi connectivity index (χ1) is 10.1. The number of aliphatic hydroxyl groups is 1. The van der Waals surface area contributed by atoms with Crippen molar-refractivity contribution in [3.05, 3.63) is 28.2 Å². The molecule has 1 fully saturated rings. The van der Waals surface area contributed by atoms with Gasteiger partial charge in [-0.3, -0.25) is 0 Å². The van der Waals surface area contributed by atoms with Gasteiger partial charge < -0.3 is 14.6 Å². The fourth-order valence-corrected chi connectivity index (χ4v) is 3.64. The van der Waals surface area contributed by atoms with Crippen molar-refractivity contribution in [2.75, 3.05) is 14.2 Å². The Morgan fingerprint density at radius 1 is 1.19 bits per heavy atom. The fraction of sp³-hybridized carbons (Fsp3) is 0.647. The lowest BCUT2D eigenvalue weighted by molar-refractivity contribution is -0.111. The summed E-state index contributed by atoms with van der Waals surface area (Å²) in [6, 6.07) is 5.86. The summed E-state index contributed by atoms with van der Waals surface area (Å²) in [5.41, 5.74) is 0.654. The molecule has 0 spiro atoms. The minimum atomic E-state index is -0.496. The average Bonchev–Trinajstić information content (AvgIpc) is 2.76. The summed E-state index contributed by atoms with van der Waals surface area (Å²) in [6.07, 6.45) is 6.68. The van der Waals surface area contributed by atoms with E-state index in [1.54, 1.807) is 14.2 Å². The Hall–Kier alpha value is -0.580. The topological polar surface area (TPSA) is 38.7 Å². The summed E-state index contributed by atoms with van der Waals surface area (Å²) < 4.78 is 12.1. The number of rotatable bonds is 5. The minimum Gasteiger partial charge on any atom is -0.497 e. The van der Waals surface area contributed by atoms with Crippen molar-refractivity contribution in [2.45, 2.75) is 56.7 Å². The maximum Gasteiger partial charge on any atom is 0.119 e. The van der Waals surface area contributed by atoms with Gasteiger partial charge in [0, 0.05) is 18.0 Å². The molecule has 0 bridgehead atoms. The van der Waals surface area contributed by atoms with E-state index >= 15 is 0 Å². The Morgan fingerprint density at radius 3 is 2.43 bits per heavy atom. The highest BCUT2D eigenvalue weighted by molar-refractivity contribution is 9.10. The van der Waals surface area contributed by atoms with Gasteiger partial charge in [-0.15, -0.1) is 0 Å². The number of aliphatic hydroxyl groups excluding tert-OH is 1. The van der Waals surface area contributed by atoms with Gasteiger partial charge in [-0.25, -0.2) is 0 Å². The zero-order valence-corrected chi connectivity index (χ0v) is 14.5. The number of hydrogen-bond acceptors (Lipinski definition) is 3. The molecule has 1 aromatic carbocycles. The van der Waals surface area contributed by atoms with E-state index in [9.17, 15) is 5.11 Å². The molecule has 0 amide bonds. The van der Waals surface area contributed by atoms with Crippen LogP contribution in [0.3, 0.4) is 0 Å². The maximum absolute atomic E-state index is 10.8. The van der Waals surface area contributed by atoms with E-state index in [0.717, 1.165) is 41.5 Å². The molecule has 0 radical (unpaired) electrons. The number of ether oxygens (including phenoxy) is 2. The molecule has 0 heterocycles. The van der Waals surface area contributed by atoms with Gasteiger partial charge in [0.1, 0.15) is 5.75 Å². The van der Waals surface area contributed by atoms with Crippen LogP contribution in [0.25, 0.3) is 0 Å². The molecule has 118 valence electrons. The molecule has 2 rings (SSSR count). The Kier molecular flexibility index (Phi) is 6.08. The van der Waals surface area contributed by atoms with Crippen LogP contribution in [0.5, 0.6) is 5.75 Å². The summed E-state index contributed by atoms with van der Waals surface area (Å²) in [5, 5.41) is 10.8. The summed E-state index contributed by atoms with van der Waals surface area (Å²) in [7, 11) is 3.39. The van der Waals surface area contributed by atoms with Gasteiger partial charge in [-0.2, -0.15) is 0 Å². The molecule has 0 saturated heterocycles. The van der Waals surface area contributed by atoms with Crippen molar-refractivity contribution >= 4 is 15.9 Å². The third-order valence-corrected chi connectivity index (χ3v) is 5.40. The SMILES string of the molecule is COc1ccc(Br)c(CC(O)C2(OC)CCCCCC2)c1. The molecule has 1 atom stereocenters. The Labute approximate surface area is 135 Å². The molecule has 1 aliphatic rings. The van der Waals surface area contributed by atoms with Gasteiger partial charge in [0.25, 0.3) is 0 Å². The van der Waals surface area contributed by atoms with E-state index in [4.69, 9.17) is 9.47 Å².